The van der Waals surface area contributed by atoms with Gasteiger partial charge in [-0.15, -0.1) is 0 Å². The highest BCUT2D eigenvalue weighted by Crippen LogP contribution is 2.26. The molecule has 2 heterocycles. The van der Waals surface area contributed by atoms with Crippen LogP contribution in [0.3, 0.4) is 0 Å². The number of carbonyl (C=O) groups excluding carboxylic acids is 1. The summed E-state index contributed by atoms with van der Waals surface area (Å²) < 4.78 is 0. The minimum absolute atomic E-state index is 0.160. The Labute approximate surface area is 127 Å². The summed E-state index contributed by atoms with van der Waals surface area (Å²) in [5.74, 6) is 0.417. The highest BCUT2D eigenvalue weighted by Gasteiger charge is 2.35. The zero-order valence-corrected chi connectivity index (χ0v) is 13.0. The minimum Gasteiger partial charge on any atom is -0.317 e. The third-order valence-corrected chi connectivity index (χ3v) is 5.07. The second-order valence-electron chi connectivity index (χ2n) is 6.45. The minimum atomic E-state index is 0.160. The van der Waals surface area contributed by atoms with Crippen LogP contribution in [0.1, 0.15) is 36.8 Å². The van der Waals surface area contributed by atoms with Crippen LogP contribution in [0.15, 0.2) is 24.3 Å². The van der Waals surface area contributed by atoms with Crippen molar-refractivity contribution < 1.29 is 4.79 Å². The standard InChI is InChI=1S/C18H26N2O/c1-14-5-2-3-6-15(14)13-18(21)17-7-4-12-20(17)16-8-10-19-11-9-16/h2-3,5-6,16-17,19H,4,7-13H2,1H3. The van der Waals surface area contributed by atoms with Crippen LogP contribution in [0.4, 0.5) is 0 Å². The molecular formula is C18H26N2O. The second-order valence-corrected chi connectivity index (χ2v) is 6.45. The van der Waals surface area contributed by atoms with E-state index in [1.165, 1.54) is 30.4 Å². The van der Waals surface area contributed by atoms with Crippen molar-refractivity contribution in [1.29, 1.82) is 0 Å². The molecule has 21 heavy (non-hydrogen) atoms. The topological polar surface area (TPSA) is 32.3 Å². The van der Waals surface area contributed by atoms with Crippen molar-refractivity contribution in [3.05, 3.63) is 35.4 Å². The zero-order chi connectivity index (χ0) is 14.7. The fourth-order valence-electron chi connectivity index (χ4n) is 3.82. The molecule has 3 rings (SSSR count). The summed E-state index contributed by atoms with van der Waals surface area (Å²) in [6, 6.07) is 9.04. The number of rotatable bonds is 4. The van der Waals surface area contributed by atoms with E-state index < -0.39 is 0 Å². The Morgan fingerprint density at radius 1 is 1.24 bits per heavy atom. The van der Waals surface area contributed by atoms with Crippen molar-refractivity contribution in [2.75, 3.05) is 19.6 Å². The Kier molecular flexibility index (Phi) is 4.71. The third-order valence-electron chi connectivity index (χ3n) is 5.07. The number of hydrogen-bond donors (Lipinski definition) is 1. The van der Waals surface area contributed by atoms with Gasteiger partial charge >= 0.3 is 0 Å². The van der Waals surface area contributed by atoms with Gasteiger partial charge in [-0.05, 0) is 63.4 Å². The molecule has 1 atom stereocenters. The smallest absolute Gasteiger partial charge is 0.154 e. The monoisotopic (exact) mass is 286 g/mol. The molecule has 0 saturated carbocycles. The number of hydrogen-bond acceptors (Lipinski definition) is 3. The molecular weight excluding hydrogens is 260 g/mol. The molecule has 1 unspecified atom stereocenters. The van der Waals surface area contributed by atoms with E-state index in [2.05, 4.69) is 29.3 Å². The van der Waals surface area contributed by atoms with Gasteiger partial charge in [-0.1, -0.05) is 24.3 Å². The maximum Gasteiger partial charge on any atom is 0.154 e. The number of nitrogens with one attached hydrogen (secondary N) is 1. The second kappa shape index (κ2) is 6.71. The van der Waals surface area contributed by atoms with E-state index in [4.69, 9.17) is 0 Å². The van der Waals surface area contributed by atoms with Crippen LogP contribution in [0.25, 0.3) is 0 Å². The average Bonchev–Trinajstić information content (AvgIpc) is 3.00. The largest absolute Gasteiger partial charge is 0.317 e. The first kappa shape index (κ1) is 14.7. The van der Waals surface area contributed by atoms with Crippen LogP contribution in [-0.4, -0.2) is 42.4 Å². The van der Waals surface area contributed by atoms with Gasteiger partial charge in [0.15, 0.2) is 5.78 Å². The number of benzene rings is 1. The predicted molar refractivity (Wildman–Crippen MR) is 85.5 cm³/mol. The molecule has 0 radical (unpaired) electrons. The summed E-state index contributed by atoms with van der Waals surface area (Å²) in [6.45, 7) is 5.40. The van der Waals surface area contributed by atoms with E-state index in [-0.39, 0.29) is 6.04 Å². The summed E-state index contributed by atoms with van der Waals surface area (Å²) in [6.07, 6.45) is 5.20. The van der Waals surface area contributed by atoms with E-state index in [1.54, 1.807) is 0 Å². The molecule has 0 aliphatic carbocycles. The van der Waals surface area contributed by atoms with Crippen molar-refractivity contribution in [3.8, 4) is 0 Å². The van der Waals surface area contributed by atoms with E-state index in [0.29, 0.717) is 18.2 Å². The van der Waals surface area contributed by atoms with Gasteiger partial charge in [0.25, 0.3) is 0 Å². The molecule has 2 aliphatic heterocycles. The normalized spacial score (nSPS) is 24.3. The molecule has 2 saturated heterocycles. The van der Waals surface area contributed by atoms with E-state index in [9.17, 15) is 4.79 Å². The van der Waals surface area contributed by atoms with Gasteiger partial charge in [-0.2, -0.15) is 0 Å². The van der Waals surface area contributed by atoms with Gasteiger partial charge in [-0.3, -0.25) is 9.69 Å². The fraction of sp³-hybridized carbons (Fsp3) is 0.611. The Balaban J connectivity index is 1.67. The fourth-order valence-corrected chi connectivity index (χ4v) is 3.82. The lowest BCUT2D eigenvalue weighted by atomic mass is 9.97. The number of nitrogens with zero attached hydrogens (tertiary/aromatic N) is 1. The number of likely N-dealkylation sites (tertiary alicyclic amines) is 1. The summed E-state index contributed by atoms with van der Waals surface area (Å²) in [5, 5.41) is 3.42. The number of carbonyl (C=O) groups is 1. The summed E-state index contributed by atoms with van der Waals surface area (Å²) in [4.78, 5) is 15.3. The van der Waals surface area contributed by atoms with E-state index >= 15 is 0 Å². The summed E-state index contributed by atoms with van der Waals surface area (Å²) in [7, 11) is 0. The van der Waals surface area contributed by atoms with Crippen LogP contribution in [0.5, 0.6) is 0 Å². The Morgan fingerprint density at radius 2 is 2.00 bits per heavy atom. The van der Waals surface area contributed by atoms with Crippen LogP contribution >= 0.6 is 0 Å². The lowest BCUT2D eigenvalue weighted by Crippen LogP contribution is -2.48. The van der Waals surface area contributed by atoms with Gasteiger partial charge in [0, 0.05) is 12.5 Å². The molecule has 114 valence electrons. The van der Waals surface area contributed by atoms with Crippen molar-refractivity contribution in [2.45, 2.75) is 51.1 Å². The highest BCUT2D eigenvalue weighted by atomic mass is 16.1. The first-order valence-electron chi connectivity index (χ1n) is 8.29. The molecule has 1 N–H and O–H groups in total. The Hall–Kier alpha value is -1.19. The lowest BCUT2D eigenvalue weighted by Gasteiger charge is -2.35. The quantitative estimate of drug-likeness (QED) is 0.922. The number of piperidine rings is 1. The van der Waals surface area contributed by atoms with Crippen molar-refractivity contribution >= 4 is 5.78 Å². The maximum atomic E-state index is 12.8. The average molecular weight is 286 g/mol. The molecule has 1 aromatic carbocycles. The van der Waals surface area contributed by atoms with Gasteiger partial charge in [-0.25, -0.2) is 0 Å². The van der Waals surface area contributed by atoms with Crippen molar-refractivity contribution in [3.63, 3.8) is 0 Å². The molecule has 1 aromatic rings. The van der Waals surface area contributed by atoms with E-state index in [1.807, 2.05) is 12.1 Å². The first-order chi connectivity index (χ1) is 10.3. The molecule has 3 heteroatoms. The van der Waals surface area contributed by atoms with Gasteiger partial charge in [0.2, 0.25) is 0 Å². The van der Waals surface area contributed by atoms with Crippen molar-refractivity contribution in [1.82, 2.24) is 10.2 Å². The predicted octanol–water partition coefficient (Wildman–Crippen LogP) is 2.32. The molecule has 2 aliphatic rings. The summed E-state index contributed by atoms with van der Waals surface area (Å²) in [5.41, 5.74) is 2.43. The van der Waals surface area contributed by atoms with Crippen LogP contribution < -0.4 is 5.32 Å². The first-order valence-corrected chi connectivity index (χ1v) is 8.29. The third kappa shape index (κ3) is 3.35. The highest BCUT2D eigenvalue weighted by molar-refractivity contribution is 5.86. The molecule has 0 spiro atoms. The van der Waals surface area contributed by atoms with Gasteiger partial charge in [0.1, 0.15) is 0 Å². The SMILES string of the molecule is Cc1ccccc1CC(=O)C1CCCN1C1CCNCC1. The van der Waals surface area contributed by atoms with Crippen LogP contribution in [0.2, 0.25) is 0 Å². The molecule has 2 fully saturated rings. The number of aryl methyl sites for hydroxylation is 1. The number of ketones is 1. The maximum absolute atomic E-state index is 12.8. The molecule has 0 aromatic heterocycles. The molecule has 0 bridgehead atoms. The van der Waals surface area contributed by atoms with Crippen LogP contribution in [0, 0.1) is 6.92 Å². The van der Waals surface area contributed by atoms with E-state index in [0.717, 1.165) is 26.1 Å². The van der Waals surface area contributed by atoms with Crippen molar-refractivity contribution in [2.24, 2.45) is 0 Å². The van der Waals surface area contributed by atoms with Gasteiger partial charge < -0.3 is 5.32 Å². The summed E-state index contributed by atoms with van der Waals surface area (Å²) >= 11 is 0. The lowest BCUT2D eigenvalue weighted by molar-refractivity contribution is -0.123. The Morgan fingerprint density at radius 3 is 2.76 bits per heavy atom. The molecule has 0 amide bonds. The Bertz CT molecular complexity index is 494. The van der Waals surface area contributed by atoms with Crippen LogP contribution in [-0.2, 0) is 11.2 Å². The number of Topliss-reactive ketones (excluding diaryl/α,β-unsaturated/α-hetero) is 1. The molecule has 3 nitrogen and oxygen atoms in total. The zero-order valence-electron chi connectivity index (χ0n) is 13.0. The van der Waals surface area contributed by atoms with Gasteiger partial charge in [0.05, 0.1) is 6.04 Å².